The second-order valence-corrected chi connectivity index (χ2v) is 6.75. The lowest BCUT2D eigenvalue weighted by atomic mass is 10.1. The van der Waals surface area contributed by atoms with Crippen LogP contribution in [0.4, 0.5) is 4.79 Å². The highest BCUT2D eigenvalue weighted by atomic mass is 16.5. The van der Waals surface area contributed by atoms with Gasteiger partial charge in [0.1, 0.15) is 11.8 Å². The average molecular weight is 396 g/mol. The summed E-state index contributed by atoms with van der Waals surface area (Å²) in [6.07, 6.45) is 4.54. The molecule has 2 aromatic rings. The number of carbonyl (C=O) groups is 3. The fourth-order valence-corrected chi connectivity index (χ4v) is 3.11. The van der Waals surface area contributed by atoms with E-state index in [-0.39, 0.29) is 24.8 Å². The van der Waals surface area contributed by atoms with E-state index >= 15 is 0 Å². The maximum absolute atomic E-state index is 12.5. The van der Waals surface area contributed by atoms with Crippen LogP contribution in [-0.2, 0) is 22.4 Å². The van der Waals surface area contributed by atoms with E-state index in [4.69, 9.17) is 4.74 Å². The molecule has 4 amide bonds. The minimum Gasteiger partial charge on any atom is -0.497 e. The molecule has 0 bridgehead atoms. The molecule has 1 atom stereocenters. The Hall–Kier alpha value is -3.42. The lowest BCUT2D eigenvalue weighted by molar-refractivity contribution is -0.130. The number of rotatable bonds is 9. The molecule has 29 heavy (non-hydrogen) atoms. The zero-order valence-electron chi connectivity index (χ0n) is 16.3. The van der Waals surface area contributed by atoms with Crippen LogP contribution in [0.2, 0.25) is 0 Å². The summed E-state index contributed by atoms with van der Waals surface area (Å²) in [4.78, 5) is 41.9. The Morgan fingerprint density at radius 2 is 1.79 bits per heavy atom. The monoisotopic (exact) mass is 396 g/mol. The number of methoxy groups -OCH3 is 1. The SMILES string of the molecule is COc1ccc(CCN2C(=O)NC(CC(=O)NCCc3ccncc3)C2=O)cc1. The van der Waals surface area contributed by atoms with Crippen molar-refractivity contribution in [3.05, 3.63) is 59.9 Å². The molecule has 1 saturated heterocycles. The highest BCUT2D eigenvalue weighted by Gasteiger charge is 2.38. The van der Waals surface area contributed by atoms with Gasteiger partial charge in [-0.1, -0.05) is 12.1 Å². The van der Waals surface area contributed by atoms with Crippen LogP contribution in [0.3, 0.4) is 0 Å². The van der Waals surface area contributed by atoms with Crippen molar-refractivity contribution in [1.29, 1.82) is 0 Å². The lowest BCUT2D eigenvalue weighted by Gasteiger charge is -2.13. The molecule has 0 saturated carbocycles. The zero-order valence-corrected chi connectivity index (χ0v) is 16.3. The number of aromatic nitrogens is 1. The number of nitrogens with zero attached hydrogens (tertiary/aromatic N) is 2. The largest absolute Gasteiger partial charge is 0.497 e. The molecule has 1 unspecified atom stereocenters. The molecule has 1 aliphatic heterocycles. The molecular weight excluding hydrogens is 372 g/mol. The molecule has 0 radical (unpaired) electrons. The van der Waals surface area contributed by atoms with Gasteiger partial charge in [0.05, 0.1) is 13.5 Å². The van der Waals surface area contributed by atoms with Crippen molar-refractivity contribution in [2.75, 3.05) is 20.2 Å². The molecule has 2 N–H and O–H groups in total. The zero-order chi connectivity index (χ0) is 20.6. The van der Waals surface area contributed by atoms with E-state index in [1.165, 1.54) is 4.90 Å². The van der Waals surface area contributed by atoms with Crippen LogP contribution >= 0.6 is 0 Å². The van der Waals surface area contributed by atoms with Gasteiger partial charge in [-0.25, -0.2) is 4.79 Å². The Morgan fingerprint density at radius 3 is 2.48 bits per heavy atom. The smallest absolute Gasteiger partial charge is 0.324 e. The molecular formula is C21H24N4O4. The summed E-state index contributed by atoms with van der Waals surface area (Å²) in [5, 5.41) is 5.38. The van der Waals surface area contributed by atoms with Gasteiger partial charge in [-0.2, -0.15) is 0 Å². The predicted molar refractivity (Wildman–Crippen MR) is 106 cm³/mol. The van der Waals surface area contributed by atoms with Crippen LogP contribution in [-0.4, -0.2) is 54.0 Å². The van der Waals surface area contributed by atoms with Crippen LogP contribution < -0.4 is 15.4 Å². The first-order valence-corrected chi connectivity index (χ1v) is 9.47. The van der Waals surface area contributed by atoms with Crippen molar-refractivity contribution in [3.63, 3.8) is 0 Å². The first kappa shape index (κ1) is 20.3. The summed E-state index contributed by atoms with van der Waals surface area (Å²) in [5.74, 6) is 0.112. The number of pyridine rings is 1. The van der Waals surface area contributed by atoms with Gasteiger partial charge in [-0.05, 0) is 48.2 Å². The molecule has 0 spiro atoms. The number of ether oxygens (including phenoxy) is 1. The summed E-state index contributed by atoms with van der Waals surface area (Å²) in [6, 6.07) is 9.94. The number of amides is 4. The van der Waals surface area contributed by atoms with Crippen molar-refractivity contribution in [2.24, 2.45) is 0 Å². The summed E-state index contributed by atoms with van der Waals surface area (Å²) >= 11 is 0. The number of hydrogen-bond acceptors (Lipinski definition) is 5. The van der Waals surface area contributed by atoms with E-state index in [2.05, 4.69) is 15.6 Å². The molecule has 8 nitrogen and oxygen atoms in total. The highest BCUT2D eigenvalue weighted by molar-refractivity contribution is 6.05. The number of hydrogen-bond donors (Lipinski definition) is 2. The van der Waals surface area contributed by atoms with Crippen LogP contribution in [0, 0.1) is 0 Å². The first-order valence-electron chi connectivity index (χ1n) is 9.47. The van der Waals surface area contributed by atoms with Gasteiger partial charge >= 0.3 is 6.03 Å². The van der Waals surface area contributed by atoms with E-state index in [0.717, 1.165) is 16.9 Å². The normalized spacial score (nSPS) is 15.9. The Morgan fingerprint density at radius 1 is 1.10 bits per heavy atom. The number of benzene rings is 1. The molecule has 8 heteroatoms. The topological polar surface area (TPSA) is 101 Å². The summed E-state index contributed by atoms with van der Waals surface area (Å²) < 4.78 is 5.12. The summed E-state index contributed by atoms with van der Waals surface area (Å²) in [7, 11) is 1.59. The number of carbonyl (C=O) groups excluding carboxylic acids is 3. The first-order chi connectivity index (χ1) is 14.1. The predicted octanol–water partition coefficient (Wildman–Crippen LogP) is 1.30. The van der Waals surface area contributed by atoms with Gasteiger partial charge in [0.25, 0.3) is 5.91 Å². The number of nitrogens with one attached hydrogen (secondary N) is 2. The maximum atomic E-state index is 12.5. The summed E-state index contributed by atoms with van der Waals surface area (Å²) in [6.45, 7) is 0.718. The van der Waals surface area contributed by atoms with E-state index in [1.807, 2.05) is 36.4 Å². The van der Waals surface area contributed by atoms with E-state index in [1.54, 1.807) is 19.5 Å². The Balaban J connectivity index is 1.44. The van der Waals surface area contributed by atoms with Crippen molar-refractivity contribution in [1.82, 2.24) is 20.5 Å². The fourth-order valence-electron chi connectivity index (χ4n) is 3.11. The van der Waals surface area contributed by atoms with Gasteiger partial charge < -0.3 is 15.4 Å². The lowest BCUT2D eigenvalue weighted by Crippen LogP contribution is -2.37. The molecule has 0 aliphatic carbocycles. The second-order valence-electron chi connectivity index (χ2n) is 6.75. The maximum Gasteiger partial charge on any atom is 0.324 e. The third-order valence-corrected chi connectivity index (χ3v) is 4.76. The highest BCUT2D eigenvalue weighted by Crippen LogP contribution is 2.14. The van der Waals surface area contributed by atoms with Crippen molar-refractivity contribution >= 4 is 17.8 Å². The van der Waals surface area contributed by atoms with Crippen molar-refractivity contribution < 1.29 is 19.1 Å². The third kappa shape index (κ3) is 5.54. The number of urea groups is 1. The molecule has 1 aliphatic rings. The van der Waals surface area contributed by atoms with Crippen LogP contribution in [0.25, 0.3) is 0 Å². The molecule has 3 rings (SSSR count). The number of imide groups is 1. The van der Waals surface area contributed by atoms with Gasteiger partial charge in [0.2, 0.25) is 5.91 Å². The van der Waals surface area contributed by atoms with Gasteiger partial charge in [0.15, 0.2) is 0 Å². The molecule has 152 valence electrons. The molecule has 1 fully saturated rings. The average Bonchev–Trinajstić information content (AvgIpc) is 3.00. The van der Waals surface area contributed by atoms with Gasteiger partial charge in [-0.3, -0.25) is 19.5 Å². The second kappa shape index (κ2) is 9.68. The van der Waals surface area contributed by atoms with Crippen molar-refractivity contribution in [3.8, 4) is 5.75 Å². The standard InChI is InChI=1S/C21H24N4O4/c1-29-17-4-2-15(3-5-17)9-13-25-20(27)18(24-21(25)28)14-19(26)23-12-8-16-6-10-22-11-7-16/h2-7,10-11,18H,8-9,12-14H2,1H3,(H,23,26)(H,24,28). The third-order valence-electron chi connectivity index (χ3n) is 4.76. The van der Waals surface area contributed by atoms with E-state index in [0.29, 0.717) is 19.4 Å². The van der Waals surface area contributed by atoms with Gasteiger partial charge in [-0.15, -0.1) is 0 Å². The quantitative estimate of drug-likeness (QED) is 0.623. The Bertz CT molecular complexity index is 855. The molecule has 2 heterocycles. The minimum atomic E-state index is -0.820. The van der Waals surface area contributed by atoms with Gasteiger partial charge in [0, 0.05) is 25.5 Å². The molecule has 1 aromatic carbocycles. The van der Waals surface area contributed by atoms with E-state index in [9.17, 15) is 14.4 Å². The van der Waals surface area contributed by atoms with Crippen LogP contribution in [0.1, 0.15) is 17.5 Å². The Labute approximate surface area is 169 Å². The molecule has 1 aromatic heterocycles. The fraction of sp³-hybridized carbons (Fsp3) is 0.333. The van der Waals surface area contributed by atoms with Crippen molar-refractivity contribution in [2.45, 2.75) is 25.3 Å². The van der Waals surface area contributed by atoms with E-state index < -0.39 is 12.1 Å². The summed E-state index contributed by atoms with van der Waals surface area (Å²) in [5.41, 5.74) is 2.05. The minimum absolute atomic E-state index is 0.0695. The Kier molecular flexibility index (Phi) is 6.78. The van der Waals surface area contributed by atoms with Crippen LogP contribution in [0.15, 0.2) is 48.8 Å². The van der Waals surface area contributed by atoms with Crippen LogP contribution in [0.5, 0.6) is 5.75 Å².